The smallest absolute Gasteiger partial charge is 0.124 e. The maximum absolute atomic E-state index is 13.2. The molecule has 0 saturated carbocycles. The van der Waals surface area contributed by atoms with Crippen LogP contribution in [0.5, 0.6) is 5.75 Å². The molecular formula is C30H31FN4OS2. The zero-order valence-corrected chi connectivity index (χ0v) is 23.0. The maximum atomic E-state index is 13.2. The Balaban J connectivity index is 1.67. The highest BCUT2D eigenvalue weighted by molar-refractivity contribution is 7.99. The van der Waals surface area contributed by atoms with Crippen LogP contribution in [0.3, 0.4) is 0 Å². The van der Waals surface area contributed by atoms with Crippen molar-refractivity contribution in [1.29, 1.82) is 0 Å². The van der Waals surface area contributed by atoms with Crippen LogP contribution >= 0.6 is 23.5 Å². The van der Waals surface area contributed by atoms with E-state index < -0.39 is 0 Å². The molecule has 0 radical (unpaired) electrons. The molecule has 0 spiro atoms. The van der Waals surface area contributed by atoms with Gasteiger partial charge in [0.15, 0.2) is 0 Å². The molecule has 38 heavy (non-hydrogen) atoms. The summed E-state index contributed by atoms with van der Waals surface area (Å²) in [5.41, 5.74) is 11.8. The molecule has 0 amide bonds. The molecule has 0 fully saturated rings. The Labute approximate surface area is 232 Å². The number of rotatable bonds is 12. The van der Waals surface area contributed by atoms with Crippen LogP contribution < -0.4 is 11.1 Å². The quantitative estimate of drug-likeness (QED) is 0.161. The van der Waals surface area contributed by atoms with E-state index in [9.17, 15) is 8.99 Å². The Morgan fingerprint density at radius 1 is 1.13 bits per heavy atom. The summed E-state index contributed by atoms with van der Waals surface area (Å²) in [6, 6.07) is 17.1. The Hall–Kier alpha value is -3.88. The molecule has 1 aromatic heterocycles. The van der Waals surface area contributed by atoms with Gasteiger partial charge in [-0.05, 0) is 71.6 Å². The highest BCUT2D eigenvalue weighted by Gasteiger charge is 2.10. The van der Waals surface area contributed by atoms with Crippen molar-refractivity contribution in [2.24, 2.45) is 15.7 Å². The summed E-state index contributed by atoms with van der Waals surface area (Å²) >= 11 is 1.69. The van der Waals surface area contributed by atoms with Gasteiger partial charge in [0.05, 0.1) is 35.0 Å². The third-order valence-corrected chi connectivity index (χ3v) is 6.78. The normalized spacial score (nSPS) is 13.2. The molecule has 2 aromatic carbocycles. The average molecular weight is 547 g/mol. The van der Waals surface area contributed by atoms with Crippen molar-refractivity contribution >= 4 is 46.7 Å². The molecule has 196 valence electrons. The fourth-order valence-corrected chi connectivity index (χ4v) is 4.20. The number of phenols is 1. The van der Waals surface area contributed by atoms with Crippen LogP contribution in [0.25, 0.3) is 11.8 Å². The molecule has 0 aliphatic rings. The van der Waals surface area contributed by atoms with E-state index in [2.05, 4.69) is 45.5 Å². The van der Waals surface area contributed by atoms with Gasteiger partial charge in [-0.15, -0.1) is 0 Å². The number of nitrogens with two attached hydrogens (primary N) is 1. The van der Waals surface area contributed by atoms with E-state index in [1.54, 1.807) is 48.6 Å². The number of thiophene rings is 1. The third kappa shape index (κ3) is 8.90. The highest BCUT2D eigenvalue weighted by atomic mass is 32.2. The molecule has 5 nitrogen and oxygen atoms in total. The molecule has 0 saturated heterocycles. The number of hydrogen-bond donors (Lipinski definition) is 3. The topological polar surface area (TPSA) is 83.0 Å². The first-order chi connectivity index (χ1) is 18.4. The maximum Gasteiger partial charge on any atom is 0.124 e. The largest absolute Gasteiger partial charge is 0.507 e. The van der Waals surface area contributed by atoms with E-state index in [1.165, 1.54) is 11.8 Å². The number of halogens is 1. The summed E-state index contributed by atoms with van der Waals surface area (Å²) in [4.78, 5) is 9.40. The molecule has 0 unspecified atom stereocenters. The van der Waals surface area contributed by atoms with Crippen molar-refractivity contribution in [2.45, 2.75) is 26.9 Å². The van der Waals surface area contributed by atoms with E-state index in [4.69, 9.17) is 5.73 Å². The fraction of sp³-hybridized carbons (Fsp3) is 0.133. The van der Waals surface area contributed by atoms with Gasteiger partial charge in [0.25, 0.3) is 0 Å². The van der Waals surface area contributed by atoms with Gasteiger partial charge in [0.2, 0.25) is 0 Å². The molecule has 8 heteroatoms. The third-order valence-electron chi connectivity index (χ3n) is 5.48. The second kappa shape index (κ2) is 14.8. The molecule has 0 atom stereocenters. The lowest BCUT2D eigenvalue weighted by atomic mass is 10.1. The van der Waals surface area contributed by atoms with E-state index in [0.29, 0.717) is 35.8 Å². The first kappa shape index (κ1) is 28.7. The van der Waals surface area contributed by atoms with Gasteiger partial charge in [0.1, 0.15) is 5.75 Å². The summed E-state index contributed by atoms with van der Waals surface area (Å²) in [5.74, 6) is 0.0723. The number of nitrogens with one attached hydrogen (secondary N) is 1. The van der Waals surface area contributed by atoms with E-state index in [1.807, 2.05) is 36.6 Å². The van der Waals surface area contributed by atoms with Crippen molar-refractivity contribution in [3.05, 3.63) is 123 Å². The minimum Gasteiger partial charge on any atom is -0.507 e. The molecule has 3 rings (SSSR count). The van der Waals surface area contributed by atoms with Crippen molar-refractivity contribution in [2.75, 3.05) is 0 Å². The summed E-state index contributed by atoms with van der Waals surface area (Å²) in [7, 11) is 0. The number of nitrogens with zero attached hydrogens (tertiary/aromatic N) is 2. The van der Waals surface area contributed by atoms with Crippen LogP contribution in [0.4, 0.5) is 3.89 Å². The zero-order valence-electron chi connectivity index (χ0n) is 21.4. The lowest BCUT2D eigenvalue weighted by molar-refractivity contribution is 0.473. The predicted octanol–water partition coefficient (Wildman–Crippen LogP) is 7.65. The highest BCUT2D eigenvalue weighted by Crippen LogP contribution is 2.28. The Bertz CT molecular complexity index is 1370. The molecule has 3 aromatic rings. The Kier molecular flexibility index (Phi) is 11.1. The number of para-hydroxylation sites is 1. The number of aliphatic imine (C=N–C) groups is 2. The summed E-state index contributed by atoms with van der Waals surface area (Å²) in [6.45, 7) is 8.74. The lowest BCUT2D eigenvalue weighted by Gasteiger charge is -2.08. The zero-order chi connectivity index (χ0) is 27.3. The fourth-order valence-electron chi connectivity index (χ4n) is 3.36. The lowest BCUT2D eigenvalue weighted by Crippen LogP contribution is -2.10. The van der Waals surface area contributed by atoms with Crippen LogP contribution in [0.2, 0.25) is 0 Å². The van der Waals surface area contributed by atoms with Crippen LogP contribution in [0.1, 0.15) is 36.1 Å². The summed E-state index contributed by atoms with van der Waals surface area (Å²) in [5, 5.41) is 17.8. The molecule has 0 bridgehead atoms. The monoisotopic (exact) mass is 546 g/mol. The van der Waals surface area contributed by atoms with Crippen molar-refractivity contribution in [3.8, 4) is 5.75 Å². The van der Waals surface area contributed by atoms with Gasteiger partial charge in [-0.3, -0.25) is 9.98 Å². The molecule has 0 aliphatic carbocycles. The summed E-state index contributed by atoms with van der Waals surface area (Å²) in [6.07, 6.45) is 6.95. The SMILES string of the molecule is C=C(/C=C/c1ccsc1)NCc1ccc(CN=C(C)\C=C(/N=C(C)\C(=C/N)SF)c2ccccc2O)cc1. The first-order valence-corrected chi connectivity index (χ1v) is 13.5. The minimum absolute atomic E-state index is 0.0267. The Morgan fingerprint density at radius 2 is 1.87 bits per heavy atom. The molecule has 1 heterocycles. The van der Waals surface area contributed by atoms with Crippen LogP contribution in [-0.2, 0) is 13.1 Å². The average Bonchev–Trinajstić information content (AvgIpc) is 3.44. The van der Waals surface area contributed by atoms with Crippen molar-refractivity contribution < 1.29 is 8.99 Å². The van der Waals surface area contributed by atoms with Crippen LogP contribution in [0.15, 0.2) is 111 Å². The Morgan fingerprint density at radius 3 is 2.53 bits per heavy atom. The number of hydrogen-bond acceptors (Lipinski definition) is 7. The van der Waals surface area contributed by atoms with Gasteiger partial charge in [-0.25, -0.2) is 0 Å². The van der Waals surface area contributed by atoms with Crippen LogP contribution in [0, 0.1) is 0 Å². The minimum atomic E-state index is 0.0267. The van der Waals surface area contributed by atoms with Crippen molar-refractivity contribution in [3.63, 3.8) is 0 Å². The molecular weight excluding hydrogens is 515 g/mol. The standard InChI is InChI=1S/C30H31FN4OS2/c1-21(8-9-26-14-15-37-20-26)33-18-24-10-12-25(13-11-24)19-34-22(2)16-28(27-6-4-5-7-29(27)36)35-23(3)30(17-32)38-31/h4-17,20,33,36H,1,18-19,32H2,2-3H3/b9-8+,28-16-,30-17+,34-22?,35-23-. The molecule has 0 aliphatic heterocycles. The van der Waals surface area contributed by atoms with Gasteiger partial charge in [-0.1, -0.05) is 49.1 Å². The van der Waals surface area contributed by atoms with E-state index in [-0.39, 0.29) is 22.8 Å². The number of phenolic OH excluding ortho intramolecular Hbond substituents is 1. The number of benzene rings is 2. The molecule has 4 N–H and O–H groups in total. The van der Waals surface area contributed by atoms with Gasteiger partial charge in [0, 0.05) is 29.7 Å². The van der Waals surface area contributed by atoms with Gasteiger partial charge >= 0.3 is 0 Å². The number of aromatic hydroxyl groups is 1. The van der Waals surface area contributed by atoms with Gasteiger partial charge < -0.3 is 16.2 Å². The second-order valence-corrected chi connectivity index (χ2v) is 9.77. The second-order valence-electron chi connectivity index (χ2n) is 8.39. The van der Waals surface area contributed by atoms with Crippen LogP contribution in [-0.4, -0.2) is 16.5 Å². The predicted molar refractivity (Wildman–Crippen MR) is 163 cm³/mol. The van der Waals surface area contributed by atoms with Crippen molar-refractivity contribution in [1.82, 2.24) is 5.32 Å². The van der Waals surface area contributed by atoms with Gasteiger partial charge in [-0.2, -0.15) is 15.2 Å². The first-order valence-electron chi connectivity index (χ1n) is 11.9. The number of allylic oxidation sites excluding steroid dienone is 3. The summed E-state index contributed by atoms with van der Waals surface area (Å²) < 4.78 is 13.2. The van der Waals surface area contributed by atoms with E-state index in [0.717, 1.165) is 16.8 Å². The van der Waals surface area contributed by atoms with E-state index >= 15 is 0 Å².